The van der Waals surface area contributed by atoms with Gasteiger partial charge in [-0.05, 0) is 291 Å². The van der Waals surface area contributed by atoms with E-state index in [2.05, 4.69) is 284 Å². The molecule has 0 aromatic rings. The van der Waals surface area contributed by atoms with Gasteiger partial charge in [0.1, 0.15) is 0 Å². The number of aliphatic hydroxyl groups excluding tert-OH is 3. The van der Waals surface area contributed by atoms with Crippen LogP contribution in [0, 0.1) is 16.2 Å². The van der Waals surface area contributed by atoms with E-state index in [1.807, 2.05) is 6.92 Å². The molecular weight excluding hydrogens is 1360 g/mol. The van der Waals surface area contributed by atoms with Crippen LogP contribution in [-0.2, 0) is 9.84 Å². The minimum absolute atomic E-state index is 0.00659. The largest absolute Gasteiger partial charge is 0.395 e. The maximum atomic E-state index is 11.1. The number of nitrogens with zero attached hydrogens (tertiary/aromatic N) is 10. The maximum absolute atomic E-state index is 11.1. The summed E-state index contributed by atoms with van der Waals surface area (Å²) in [6.45, 7) is 92.9. The summed E-state index contributed by atoms with van der Waals surface area (Å²) in [5.41, 5.74) is 3.98. The van der Waals surface area contributed by atoms with Gasteiger partial charge in [0.25, 0.3) is 0 Å². The number of hydrogen-bond acceptors (Lipinski definition) is 21. The number of rotatable bonds is 3. The lowest BCUT2D eigenvalue weighted by atomic mass is 9.61. The first-order valence-corrected chi connectivity index (χ1v) is 44.3. The molecule has 107 heavy (non-hydrogen) atoms. The van der Waals surface area contributed by atoms with E-state index in [1.54, 1.807) is 0 Å². The molecule has 9 N–H and O–H groups in total. The van der Waals surface area contributed by atoms with Gasteiger partial charge in [-0.3, -0.25) is 44.1 Å². The third-order valence-electron chi connectivity index (χ3n) is 25.1. The second kappa shape index (κ2) is 39.9. The SMILES string of the molecule is CC(C)(C)N1CC2(CC(O)C2)C1.CC(C)(C)N1CC2(CCNC2)C1.CC(C)(C)N1CCC2(CCNC2)CC1.CC(C)(C)N1CCNC(CO)C1.CC(C)(C)N1CCN[C@H](CO)C1.CC(C)(C)N1CCS(=O)(=O)CC1.CC1(O)CN(C(C)(C)C)C1.CC1CNCCN1C(C)(C)C.CN(C)C1CCN(C(C)(C)C)C1. The van der Waals surface area contributed by atoms with Crippen LogP contribution in [0.4, 0.5) is 0 Å². The standard InChI is InChI=1S/C12H24N2.C10H20N2.C10H22N2.C10H19NO.2C9H20N2O.C9H20N2.C8H17NO2S.C8H17NO/c1-11(2,3)14-8-5-12(6-9-14)4-7-13-10-12;1-9(2,3)12-7-10(8-12)4-5-11-6-10;1-10(2,3)12-7-6-9(8-12)11(4)5;1-9(2,3)11-6-10(7-11)4-8(12)5-10;2*1-9(2,3)11-5-4-10-8(6-11)7-12;1-8-7-10-5-6-11(8)9(2,3)4;1-8(2,3)9-4-6-12(10,11)7-5-9;1-7(2,3)9-5-8(4,10)6-9/h13H,4-10H2,1-3H3;11H,4-8H2,1-3H3;9H,6-8H2,1-5H3;8,12H,4-7H2,1-3H3;2*8,10,12H,4-7H2,1-3H3;8,10H,5-7H2,1-4H3;4-7H2,1-3H3;10H,5-6H2,1-4H3/t;;;;8-;;;;/m....0..../s1. The molecule has 22 heteroatoms. The minimum Gasteiger partial charge on any atom is -0.395 e. The molecule has 11 aliphatic heterocycles. The van der Waals surface area contributed by atoms with Gasteiger partial charge in [-0.2, -0.15) is 0 Å². The van der Waals surface area contributed by atoms with Gasteiger partial charge in [0.05, 0.1) is 36.4 Å². The molecule has 0 amide bonds. The highest BCUT2D eigenvalue weighted by Crippen LogP contribution is 2.50. The molecule has 0 radical (unpaired) electrons. The predicted molar refractivity (Wildman–Crippen MR) is 455 cm³/mol. The molecule has 12 fully saturated rings. The van der Waals surface area contributed by atoms with E-state index in [9.17, 15) is 18.6 Å². The zero-order valence-electron chi connectivity index (χ0n) is 75.8. The summed E-state index contributed by atoms with van der Waals surface area (Å²) in [6.07, 6.45) is 9.01. The summed E-state index contributed by atoms with van der Waals surface area (Å²) >= 11 is 0. The Morgan fingerprint density at radius 3 is 1.07 bits per heavy atom. The molecule has 1 saturated carbocycles. The number of piperidine rings is 1. The van der Waals surface area contributed by atoms with Gasteiger partial charge in [0, 0.05) is 222 Å². The third-order valence-corrected chi connectivity index (χ3v) is 26.7. The Morgan fingerprint density at radius 2 is 0.776 bits per heavy atom. The second-order valence-electron chi connectivity index (χ2n) is 44.3. The molecule has 1 aliphatic carbocycles. The lowest BCUT2D eigenvalue weighted by molar-refractivity contribution is -0.154. The fraction of sp³-hybridized carbons (Fsp3) is 1.00. The Balaban J connectivity index is 0.000000255. The molecular formula is C85H179N15O6S. The van der Waals surface area contributed by atoms with Crippen molar-refractivity contribution in [3.8, 4) is 0 Å². The van der Waals surface area contributed by atoms with Crippen molar-refractivity contribution in [1.29, 1.82) is 0 Å². The van der Waals surface area contributed by atoms with E-state index in [-0.39, 0.29) is 53.6 Å². The normalized spacial score (nSPS) is 27.9. The first-order valence-electron chi connectivity index (χ1n) is 42.4. The number of β-amino-alcohol motifs (C(OH)–C–C–N with tert-alkyl or cyclic N) is 1. The zero-order valence-corrected chi connectivity index (χ0v) is 76.6. The van der Waals surface area contributed by atoms with Crippen LogP contribution in [0.2, 0.25) is 0 Å². The quantitative estimate of drug-likeness (QED) is 0.131. The Labute approximate surface area is 661 Å². The first-order chi connectivity index (χ1) is 48.6. The van der Waals surface area contributed by atoms with Crippen molar-refractivity contribution in [1.82, 2.24) is 75.6 Å². The van der Waals surface area contributed by atoms with E-state index in [4.69, 9.17) is 10.2 Å². The smallest absolute Gasteiger partial charge is 0.152 e. The molecule has 3 spiro atoms. The minimum atomic E-state index is -2.72. The molecule has 0 aromatic heterocycles. The molecule has 12 aliphatic rings. The Kier molecular flexibility index (Phi) is 36.7. The summed E-state index contributed by atoms with van der Waals surface area (Å²) < 4.78 is 22.2. The van der Waals surface area contributed by atoms with Crippen LogP contribution in [0.25, 0.3) is 0 Å². The van der Waals surface area contributed by atoms with Crippen molar-refractivity contribution in [3.05, 3.63) is 0 Å². The molecule has 12 rings (SSSR count). The number of likely N-dealkylation sites (tertiary alicyclic amines) is 5. The molecule has 11 heterocycles. The van der Waals surface area contributed by atoms with Crippen LogP contribution < -0.4 is 26.6 Å². The van der Waals surface area contributed by atoms with Crippen molar-refractivity contribution < 1.29 is 28.8 Å². The summed E-state index contributed by atoms with van der Waals surface area (Å²) in [4.78, 5) is 24.5. The average Bonchev–Trinajstić information content (AvgIpc) is 1.55. The highest BCUT2D eigenvalue weighted by Gasteiger charge is 2.54. The van der Waals surface area contributed by atoms with Gasteiger partial charge in [0.15, 0.2) is 9.84 Å². The fourth-order valence-electron chi connectivity index (χ4n) is 17.0. The van der Waals surface area contributed by atoms with Crippen LogP contribution in [0.3, 0.4) is 0 Å². The highest BCUT2D eigenvalue weighted by molar-refractivity contribution is 7.91. The zero-order chi connectivity index (χ0) is 81.7. The molecule has 0 aromatic carbocycles. The lowest BCUT2D eigenvalue weighted by Crippen LogP contribution is -2.67. The van der Waals surface area contributed by atoms with Crippen molar-refractivity contribution in [3.63, 3.8) is 0 Å². The number of aliphatic hydroxyl groups is 4. The van der Waals surface area contributed by atoms with Crippen LogP contribution in [0.1, 0.15) is 246 Å². The number of hydrogen-bond donors (Lipinski definition) is 9. The van der Waals surface area contributed by atoms with Gasteiger partial charge in [-0.15, -0.1) is 0 Å². The Hall–Kier alpha value is -0.810. The van der Waals surface area contributed by atoms with E-state index in [0.717, 1.165) is 84.3 Å². The van der Waals surface area contributed by atoms with Crippen molar-refractivity contribution in [2.24, 2.45) is 16.2 Å². The fourth-order valence-corrected chi connectivity index (χ4v) is 18.2. The predicted octanol–water partition coefficient (Wildman–Crippen LogP) is 8.15. The monoisotopic (exact) mass is 1540 g/mol. The number of likely N-dealkylation sites (N-methyl/N-ethyl adjacent to an activating group) is 1. The number of piperazine rings is 3. The maximum Gasteiger partial charge on any atom is 0.152 e. The van der Waals surface area contributed by atoms with Gasteiger partial charge in [-0.25, -0.2) is 8.42 Å². The lowest BCUT2D eigenvalue weighted by Gasteiger charge is -2.61. The number of sulfone groups is 1. The van der Waals surface area contributed by atoms with E-state index in [0.29, 0.717) is 74.6 Å². The van der Waals surface area contributed by atoms with Crippen LogP contribution in [0.5, 0.6) is 0 Å². The molecule has 3 unspecified atom stereocenters. The van der Waals surface area contributed by atoms with Crippen molar-refractivity contribution in [2.45, 2.75) is 331 Å². The summed E-state index contributed by atoms with van der Waals surface area (Å²) in [6, 6.07) is 1.98. The topological polar surface area (TPSA) is 208 Å². The van der Waals surface area contributed by atoms with Gasteiger partial charge in [0.2, 0.25) is 0 Å². The van der Waals surface area contributed by atoms with Gasteiger partial charge >= 0.3 is 0 Å². The Morgan fingerprint density at radius 1 is 0.411 bits per heavy atom. The summed E-state index contributed by atoms with van der Waals surface area (Å²) in [7, 11) is 1.64. The number of nitrogens with one attached hydrogen (secondary N) is 5. The molecule has 0 bridgehead atoms. The van der Waals surface area contributed by atoms with E-state index in [1.165, 1.54) is 117 Å². The summed E-state index contributed by atoms with van der Waals surface area (Å²) in [5.74, 6) is 0.647. The summed E-state index contributed by atoms with van der Waals surface area (Å²) in [5, 5.41) is 53.5. The van der Waals surface area contributed by atoms with Crippen LogP contribution in [0.15, 0.2) is 0 Å². The van der Waals surface area contributed by atoms with Crippen LogP contribution >= 0.6 is 0 Å². The van der Waals surface area contributed by atoms with Crippen molar-refractivity contribution in [2.75, 3.05) is 202 Å². The molecule has 21 nitrogen and oxygen atoms in total. The van der Waals surface area contributed by atoms with Gasteiger partial charge in [-0.1, -0.05) is 0 Å². The van der Waals surface area contributed by atoms with Crippen LogP contribution in [-0.4, -0.2) is 366 Å². The Bertz CT molecular complexity index is 2560. The average molecular weight is 1540 g/mol. The van der Waals surface area contributed by atoms with E-state index >= 15 is 0 Å². The van der Waals surface area contributed by atoms with Crippen molar-refractivity contribution >= 4 is 9.84 Å². The van der Waals surface area contributed by atoms with Gasteiger partial charge < -0.3 is 51.9 Å². The van der Waals surface area contributed by atoms with E-state index < -0.39 is 15.4 Å². The third kappa shape index (κ3) is 33.4. The molecule has 4 atom stereocenters. The highest BCUT2D eigenvalue weighted by atomic mass is 32.2. The molecule has 11 saturated heterocycles. The molecule has 636 valence electrons. The first kappa shape index (κ1) is 98.6. The second-order valence-corrected chi connectivity index (χ2v) is 46.6.